The lowest BCUT2D eigenvalue weighted by Crippen LogP contribution is -2.53. The van der Waals surface area contributed by atoms with Crippen LogP contribution in [0.4, 0.5) is 26.3 Å². The average Bonchev–Trinajstić information content (AvgIpc) is 2.24. The summed E-state index contributed by atoms with van der Waals surface area (Å²) in [5, 5.41) is 4.43. The molecule has 0 aliphatic carbocycles. The van der Waals surface area contributed by atoms with Crippen molar-refractivity contribution >= 4 is 5.91 Å². The number of hydrogen-bond acceptors (Lipinski definition) is 3. The molecule has 0 aromatic rings. The van der Waals surface area contributed by atoms with Gasteiger partial charge in [-0.15, -0.1) is 0 Å². The first kappa shape index (κ1) is 16.0. The fraction of sp³-hybridized carbons (Fsp3) is 0.889. The molecule has 1 aliphatic heterocycles. The van der Waals surface area contributed by atoms with Crippen LogP contribution in [0.15, 0.2) is 0 Å². The molecule has 0 aromatic carbocycles. The topological polar surface area (TPSA) is 50.4 Å². The third-order valence-corrected chi connectivity index (χ3v) is 2.44. The van der Waals surface area contributed by atoms with Crippen LogP contribution in [0.3, 0.4) is 0 Å². The summed E-state index contributed by atoms with van der Waals surface area (Å²) in [5.41, 5.74) is 0. The molecule has 1 rings (SSSR count). The average molecular weight is 294 g/mol. The van der Waals surface area contributed by atoms with Gasteiger partial charge >= 0.3 is 12.4 Å². The van der Waals surface area contributed by atoms with Crippen molar-refractivity contribution in [2.75, 3.05) is 26.3 Å². The van der Waals surface area contributed by atoms with Crippen molar-refractivity contribution in [2.24, 2.45) is 5.92 Å². The normalized spacial score (nSPS) is 21.5. The Balaban J connectivity index is 2.57. The summed E-state index contributed by atoms with van der Waals surface area (Å²) in [4.78, 5) is 11.1. The van der Waals surface area contributed by atoms with E-state index in [0.717, 1.165) is 0 Å². The maximum Gasteiger partial charge on any atom is 0.409 e. The summed E-state index contributed by atoms with van der Waals surface area (Å²) in [6.45, 7) is 0.575. The van der Waals surface area contributed by atoms with E-state index in [1.54, 1.807) is 5.32 Å². The fourth-order valence-corrected chi connectivity index (χ4v) is 1.56. The molecule has 10 heteroatoms. The Bertz CT molecular complexity index is 297. The minimum atomic E-state index is -5.67. The first-order valence-electron chi connectivity index (χ1n) is 5.34. The van der Waals surface area contributed by atoms with Gasteiger partial charge in [0.15, 0.2) is 0 Å². The predicted molar refractivity (Wildman–Crippen MR) is 51.2 cm³/mol. The second-order valence-electron chi connectivity index (χ2n) is 3.99. The molecule has 1 aliphatic rings. The molecule has 2 N–H and O–H groups in total. The molecule has 1 fully saturated rings. The summed E-state index contributed by atoms with van der Waals surface area (Å²) in [6.07, 6.45) is -11.3. The van der Waals surface area contributed by atoms with Crippen molar-refractivity contribution in [1.82, 2.24) is 10.6 Å². The molecule has 1 atom stereocenters. The van der Waals surface area contributed by atoms with E-state index in [4.69, 9.17) is 4.74 Å². The third-order valence-electron chi connectivity index (χ3n) is 2.44. The van der Waals surface area contributed by atoms with Gasteiger partial charge < -0.3 is 15.4 Å². The van der Waals surface area contributed by atoms with Crippen molar-refractivity contribution in [3.63, 3.8) is 0 Å². The molecule has 1 saturated heterocycles. The van der Waals surface area contributed by atoms with E-state index in [2.05, 4.69) is 5.32 Å². The minimum absolute atomic E-state index is 0.114. The molecular formula is C9H12F6N2O2. The lowest BCUT2D eigenvalue weighted by Gasteiger charge is -2.26. The van der Waals surface area contributed by atoms with Crippen LogP contribution in [0.1, 0.15) is 0 Å². The largest absolute Gasteiger partial charge is 0.409 e. The highest BCUT2D eigenvalue weighted by Crippen LogP contribution is 2.39. The van der Waals surface area contributed by atoms with Crippen molar-refractivity contribution in [1.29, 1.82) is 0 Å². The van der Waals surface area contributed by atoms with E-state index in [1.807, 2.05) is 0 Å². The van der Waals surface area contributed by atoms with Crippen LogP contribution in [0.25, 0.3) is 0 Å². The Morgan fingerprint density at radius 3 is 2.26 bits per heavy atom. The standard InChI is InChI=1S/C9H12F6N2O2/c10-8(11,12)6(9(13,14)15)7(18)17-3-5-4-19-2-1-16-5/h5-6,16H,1-4H2,(H,17,18). The SMILES string of the molecule is O=C(NCC1COCCN1)C(C(F)(F)F)C(F)(F)F. The Labute approximate surface area is 104 Å². The second kappa shape index (κ2) is 5.95. The van der Waals surface area contributed by atoms with Gasteiger partial charge in [-0.1, -0.05) is 0 Å². The van der Waals surface area contributed by atoms with Gasteiger partial charge in [-0.3, -0.25) is 4.79 Å². The highest BCUT2D eigenvalue weighted by Gasteiger charge is 2.61. The number of hydrogen-bond donors (Lipinski definition) is 2. The molecule has 1 unspecified atom stereocenters. The van der Waals surface area contributed by atoms with Crippen LogP contribution in [-0.4, -0.2) is 50.6 Å². The molecule has 19 heavy (non-hydrogen) atoms. The number of carbonyl (C=O) groups excluding carboxylic acids is 1. The van der Waals surface area contributed by atoms with Gasteiger partial charge in [-0.25, -0.2) is 0 Å². The maximum absolute atomic E-state index is 12.2. The monoisotopic (exact) mass is 294 g/mol. The van der Waals surface area contributed by atoms with Gasteiger partial charge in [0.05, 0.1) is 13.2 Å². The summed E-state index contributed by atoms with van der Waals surface area (Å²) in [6, 6.07) is -0.500. The zero-order chi connectivity index (χ0) is 14.7. The number of alkyl halides is 6. The van der Waals surface area contributed by atoms with E-state index in [1.165, 1.54) is 0 Å². The molecule has 0 spiro atoms. The molecule has 0 radical (unpaired) electrons. The summed E-state index contributed by atoms with van der Waals surface area (Å²) in [5.74, 6) is -6.11. The van der Waals surface area contributed by atoms with Gasteiger partial charge in [-0.05, 0) is 0 Å². The highest BCUT2D eigenvalue weighted by molar-refractivity contribution is 5.80. The van der Waals surface area contributed by atoms with E-state index >= 15 is 0 Å². The molecule has 0 saturated carbocycles. The number of rotatable bonds is 3. The van der Waals surface area contributed by atoms with E-state index in [0.29, 0.717) is 13.2 Å². The van der Waals surface area contributed by atoms with E-state index < -0.39 is 30.2 Å². The van der Waals surface area contributed by atoms with Crippen LogP contribution in [0.5, 0.6) is 0 Å². The van der Waals surface area contributed by atoms with Gasteiger partial charge in [0, 0.05) is 19.1 Å². The number of ether oxygens (including phenoxy) is 1. The molecule has 1 heterocycles. The minimum Gasteiger partial charge on any atom is -0.378 e. The molecule has 1 amide bonds. The Kier molecular flexibility index (Phi) is 5.02. The van der Waals surface area contributed by atoms with Crippen molar-refractivity contribution in [3.05, 3.63) is 0 Å². The number of halogens is 6. The lowest BCUT2D eigenvalue weighted by atomic mass is 10.1. The summed E-state index contributed by atoms with van der Waals surface area (Å²) >= 11 is 0. The summed E-state index contributed by atoms with van der Waals surface area (Å²) in [7, 11) is 0. The van der Waals surface area contributed by atoms with Gasteiger partial charge in [0.2, 0.25) is 11.8 Å². The number of nitrogens with one attached hydrogen (secondary N) is 2. The Hall–Kier alpha value is -1.03. The van der Waals surface area contributed by atoms with Crippen LogP contribution in [0, 0.1) is 5.92 Å². The van der Waals surface area contributed by atoms with Crippen molar-refractivity contribution in [3.8, 4) is 0 Å². The van der Waals surface area contributed by atoms with Crippen LogP contribution >= 0.6 is 0 Å². The van der Waals surface area contributed by atoms with Gasteiger partial charge in [0.25, 0.3) is 0 Å². The summed E-state index contributed by atoms with van der Waals surface area (Å²) < 4.78 is 78.2. The zero-order valence-corrected chi connectivity index (χ0v) is 9.57. The third kappa shape index (κ3) is 4.86. The molecule has 0 aromatic heterocycles. The van der Waals surface area contributed by atoms with Crippen LogP contribution < -0.4 is 10.6 Å². The zero-order valence-electron chi connectivity index (χ0n) is 9.57. The molecule has 0 bridgehead atoms. The predicted octanol–water partition coefficient (Wildman–Crippen LogP) is 0.832. The smallest absolute Gasteiger partial charge is 0.378 e. The molecule has 4 nitrogen and oxygen atoms in total. The van der Waals surface area contributed by atoms with Crippen molar-refractivity contribution < 1.29 is 35.9 Å². The van der Waals surface area contributed by atoms with Crippen molar-refractivity contribution in [2.45, 2.75) is 18.4 Å². The first-order valence-corrected chi connectivity index (χ1v) is 5.34. The van der Waals surface area contributed by atoms with E-state index in [9.17, 15) is 31.1 Å². The Morgan fingerprint density at radius 2 is 1.84 bits per heavy atom. The van der Waals surface area contributed by atoms with Crippen LogP contribution in [0.2, 0.25) is 0 Å². The van der Waals surface area contributed by atoms with Gasteiger partial charge in [0.1, 0.15) is 0 Å². The fourth-order valence-electron chi connectivity index (χ4n) is 1.56. The Morgan fingerprint density at radius 1 is 1.26 bits per heavy atom. The number of morpholine rings is 1. The first-order chi connectivity index (χ1) is 8.62. The van der Waals surface area contributed by atoms with E-state index in [-0.39, 0.29) is 13.2 Å². The number of carbonyl (C=O) groups is 1. The maximum atomic E-state index is 12.2. The molecule has 112 valence electrons. The quantitative estimate of drug-likeness (QED) is 0.758. The van der Waals surface area contributed by atoms with Gasteiger partial charge in [-0.2, -0.15) is 26.3 Å². The highest BCUT2D eigenvalue weighted by atomic mass is 19.4. The molecular weight excluding hydrogens is 282 g/mol. The number of amides is 1. The second-order valence-corrected chi connectivity index (χ2v) is 3.99. The lowest BCUT2D eigenvalue weighted by molar-refractivity contribution is -0.274. The van der Waals surface area contributed by atoms with Crippen LogP contribution in [-0.2, 0) is 9.53 Å².